The zero-order chi connectivity index (χ0) is 15.7. The summed E-state index contributed by atoms with van der Waals surface area (Å²) in [4.78, 5) is 0.183. The van der Waals surface area contributed by atoms with Crippen LogP contribution in [0.3, 0.4) is 0 Å². The fraction of sp³-hybridized carbons (Fsp3) is 0.571. The monoisotopic (exact) mass is 439 g/mol. The zero-order valence-electron chi connectivity index (χ0n) is 11.8. The van der Waals surface area contributed by atoms with Gasteiger partial charge in [-0.15, -0.1) is 0 Å². The maximum absolute atomic E-state index is 12.7. The van der Waals surface area contributed by atoms with Gasteiger partial charge in [0.2, 0.25) is 10.0 Å². The van der Waals surface area contributed by atoms with E-state index in [-0.39, 0.29) is 11.5 Å². The first-order valence-corrected chi connectivity index (χ1v) is 9.95. The van der Waals surface area contributed by atoms with Crippen molar-refractivity contribution >= 4 is 41.9 Å². The van der Waals surface area contributed by atoms with Crippen molar-refractivity contribution in [2.75, 3.05) is 6.61 Å². The van der Waals surface area contributed by atoms with Crippen LogP contribution < -0.4 is 4.72 Å². The Balaban J connectivity index is 2.33. The zero-order valence-corrected chi connectivity index (χ0v) is 15.8. The number of rotatable bonds is 4. The van der Waals surface area contributed by atoms with Crippen LogP contribution in [0.1, 0.15) is 32.6 Å². The lowest BCUT2D eigenvalue weighted by Gasteiger charge is -2.39. The van der Waals surface area contributed by atoms with Gasteiger partial charge >= 0.3 is 0 Å². The summed E-state index contributed by atoms with van der Waals surface area (Å²) in [5.74, 6) is 0.402. The van der Waals surface area contributed by atoms with Crippen LogP contribution in [0.2, 0.25) is 0 Å². The molecule has 4 nitrogen and oxygen atoms in total. The largest absolute Gasteiger partial charge is 0.394 e. The van der Waals surface area contributed by atoms with Gasteiger partial charge < -0.3 is 5.11 Å². The molecule has 0 aromatic heterocycles. The lowest BCUT2D eigenvalue weighted by Crippen LogP contribution is -2.53. The first-order valence-electron chi connectivity index (χ1n) is 6.88. The molecular weight excluding hydrogens is 422 g/mol. The van der Waals surface area contributed by atoms with E-state index in [1.807, 2.05) is 0 Å². The molecule has 1 fully saturated rings. The molecule has 1 aliphatic rings. The lowest BCUT2D eigenvalue weighted by atomic mass is 9.78. The predicted octanol–water partition coefficient (Wildman–Crippen LogP) is 3.43. The summed E-state index contributed by atoms with van der Waals surface area (Å²) in [7, 11) is -3.69. The lowest BCUT2D eigenvalue weighted by molar-refractivity contribution is 0.119. The molecule has 7 heteroatoms. The number of benzene rings is 1. The molecule has 0 amide bonds. The summed E-state index contributed by atoms with van der Waals surface area (Å²) in [5, 5.41) is 9.75. The normalized spacial score (nSPS) is 26.8. The van der Waals surface area contributed by atoms with Crippen LogP contribution in [0, 0.1) is 5.92 Å². The van der Waals surface area contributed by atoms with Gasteiger partial charge in [0.15, 0.2) is 0 Å². The molecule has 0 saturated heterocycles. The van der Waals surface area contributed by atoms with Crippen LogP contribution in [-0.2, 0) is 10.0 Å². The summed E-state index contributed by atoms with van der Waals surface area (Å²) in [6.45, 7) is 1.91. The molecule has 0 radical (unpaired) electrons. The quantitative estimate of drug-likeness (QED) is 0.753. The Morgan fingerprint density at radius 3 is 2.76 bits per heavy atom. The molecule has 2 atom stereocenters. The summed E-state index contributed by atoms with van der Waals surface area (Å²) in [5.41, 5.74) is -0.752. The van der Waals surface area contributed by atoms with E-state index in [1.165, 1.54) is 0 Å². The van der Waals surface area contributed by atoms with Crippen molar-refractivity contribution in [2.24, 2.45) is 5.92 Å². The summed E-state index contributed by atoms with van der Waals surface area (Å²) in [6.07, 6.45) is 3.32. The molecule has 2 N–H and O–H groups in total. The Hall–Kier alpha value is 0.0500. The number of aliphatic hydroxyl groups is 1. The molecule has 1 saturated carbocycles. The van der Waals surface area contributed by atoms with E-state index in [0.717, 1.165) is 12.8 Å². The molecule has 1 aromatic rings. The van der Waals surface area contributed by atoms with Crippen molar-refractivity contribution in [3.8, 4) is 0 Å². The van der Waals surface area contributed by atoms with Gasteiger partial charge in [0.05, 0.1) is 17.0 Å². The summed E-state index contributed by atoms with van der Waals surface area (Å²) < 4.78 is 29.3. The molecular formula is C14H19Br2NO3S. The first kappa shape index (κ1) is 17.4. The van der Waals surface area contributed by atoms with Gasteiger partial charge in [0.25, 0.3) is 0 Å². The molecule has 0 aliphatic heterocycles. The van der Waals surface area contributed by atoms with Gasteiger partial charge in [-0.2, -0.15) is 0 Å². The maximum Gasteiger partial charge on any atom is 0.242 e. The minimum absolute atomic E-state index is 0.178. The van der Waals surface area contributed by atoms with Gasteiger partial charge in [-0.3, -0.25) is 0 Å². The van der Waals surface area contributed by atoms with Gasteiger partial charge in [0.1, 0.15) is 0 Å². The van der Waals surface area contributed by atoms with E-state index < -0.39 is 15.6 Å². The number of hydrogen-bond donors (Lipinski definition) is 2. The standard InChI is InChI=1S/C14H19Br2NO3S/c1-10-3-2-6-14(8-10,9-18)17-21(19,20)13-7-11(15)4-5-12(13)16/h4-5,7,10,17-18H,2-3,6,8-9H2,1H3. The number of hydrogen-bond acceptors (Lipinski definition) is 3. The number of aliphatic hydroxyl groups excluding tert-OH is 1. The third kappa shape index (κ3) is 4.07. The Morgan fingerprint density at radius 1 is 1.43 bits per heavy atom. The number of nitrogens with one attached hydrogen (secondary N) is 1. The van der Waals surface area contributed by atoms with Gasteiger partial charge in [-0.25, -0.2) is 13.1 Å². The van der Waals surface area contributed by atoms with E-state index in [0.29, 0.717) is 27.7 Å². The highest BCUT2D eigenvalue weighted by atomic mass is 79.9. The van der Waals surface area contributed by atoms with Gasteiger partial charge in [-0.1, -0.05) is 35.7 Å². The smallest absolute Gasteiger partial charge is 0.242 e. The average Bonchev–Trinajstić information content (AvgIpc) is 2.41. The topological polar surface area (TPSA) is 66.4 Å². The van der Waals surface area contributed by atoms with Crippen molar-refractivity contribution in [1.29, 1.82) is 0 Å². The predicted molar refractivity (Wildman–Crippen MR) is 89.6 cm³/mol. The van der Waals surface area contributed by atoms with Crippen LogP contribution in [0.25, 0.3) is 0 Å². The third-order valence-corrected chi connectivity index (χ3v) is 6.99. The molecule has 118 valence electrons. The van der Waals surface area contributed by atoms with E-state index in [4.69, 9.17) is 0 Å². The fourth-order valence-corrected chi connectivity index (χ4v) is 5.89. The SMILES string of the molecule is CC1CCCC(CO)(NS(=O)(=O)c2cc(Br)ccc2Br)C1. The van der Waals surface area contributed by atoms with Crippen LogP contribution in [0.15, 0.2) is 32.0 Å². The molecule has 0 bridgehead atoms. The second kappa shape index (κ2) is 6.66. The van der Waals surface area contributed by atoms with Crippen molar-refractivity contribution in [3.63, 3.8) is 0 Å². The highest BCUT2D eigenvalue weighted by molar-refractivity contribution is 9.11. The maximum atomic E-state index is 12.7. The molecule has 0 heterocycles. The average molecular weight is 441 g/mol. The second-order valence-electron chi connectivity index (χ2n) is 5.82. The van der Waals surface area contributed by atoms with Crippen LogP contribution in [0.4, 0.5) is 0 Å². The summed E-state index contributed by atoms with van der Waals surface area (Å²) in [6, 6.07) is 5.02. The third-order valence-electron chi connectivity index (χ3n) is 3.93. The van der Waals surface area contributed by atoms with Crippen molar-refractivity contribution in [1.82, 2.24) is 4.72 Å². The Kier molecular flexibility index (Phi) is 5.52. The molecule has 2 unspecified atom stereocenters. The van der Waals surface area contributed by atoms with E-state index in [1.54, 1.807) is 18.2 Å². The van der Waals surface area contributed by atoms with E-state index in [9.17, 15) is 13.5 Å². The van der Waals surface area contributed by atoms with Crippen molar-refractivity contribution in [2.45, 2.75) is 43.0 Å². The highest BCUT2D eigenvalue weighted by Crippen LogP contribution is 2.34. The van der Waals surface area contributed by atoms with Crippen LogP contribution in [0.5, 0.6) is 0 Å². The molecule has 1 aliphatic carbocycles. The molecule has 21 heavy (non-hydrogen) atoms. The Bertz CT molecular complexity index is 621. The number of sulfonamides is 1. The van der Waals surface area contributed by atoms with Gasteiger partial charge in [-0.05, 0) is 52.9 Å². The molecule has 2 rings (SSSR count). The number of halogens is 2. The first-order chi connectivity index (χ1) is 9.78. The fourth-order valence-electron chi connectivity index (χ4n) is 2.95. The molecule has 0 spiro atoms. The van der Waals surface area contributed by atoms with E-state index >= 15 is 0 Å². The minimum Gasteiger partial charge on any atom is -0.394 e. The highest BCUT2D eigenvalue weighted by Gasteiger charge is 2.38. The van der Waals surface area contributed by atoms with Crippen LogP contribution in [-0.4, -0.2) is 25.7 Å². The van der Waals surface area contributed by atoms with Crippen molar-refractivity contribution < 1.29 is 13.5 Å². The minimum atomic E-state index is -3.69. The second-order valence-corrected chi connectivity index (χ2v) is 9.24. The summed E-state index contributed by atoms with van der Waals surface area (Å²) >= 11 is 6.57. The Morgan fingerprint density at radius 2 is 2.14 bits per heavy atom. The Labute approximate surface area is 142 Å². The van der Waals surface area contributed by atoms with Crippen molar-refractivity contribution in [3.05, 3.63) is 27.1 Å². The van der Waals surface area contributed by atoms with Crippen LogP contribution >= 0.6 is 31.9 Å². The van der Waals surface area contributed by atoms with Gasteiger partial charge in [0, 0.05) is 8.95 Å². The molecule has 1 aromatic carbocycles. The van der Waals surface area contributed by atoms with E-state index in [2.05, 4.69) is 43.5 Å².